The molecule has 0 aliphatic carbocycles. The van der Waals surface area contributed by atoms with E-state index in [1.54, 1.807) is 12.1 Å². The van der Waals surface area contributed by atoms with E-state index in [1.807, 2.05) is 6.07 Å². The first-order valence-electron chi connectivity index (χ1n) is 6.07. The van der Waals surface area contributed by atoms with E-state index in [2.05, 4.69) is 4.90 Å². The summed E-state index contributed by atoms with van der Waals surface area (Å²) in [7, 11) is 0. The largest absolute Gasteiger partial charge is 0.367 e. The van der Waals surface area contributed by atoms with E-state index >= 15 is 0 Å². The van der Waals surface area contributed by atoms with Gasteiger partial charge in [0.25, 0.3) is 0 Å². The van der Waals surface area contributed by atoms with Crippen molar-refractivity contribution in [3.05, 3.63) is 29.6 Å². The summed E-state index contributed by atoms with van der Waals surface area (Å²) in [5.41, 5.74) is 8.11. The topological polar surface area (TPSA) is 29.3 Å². The molecule has 86 valence electrons. The summed E-state index contributed by atoms with van der Waals surface area (Å²) in [4.78, 5) is 2.32. The van der Waals surface area contributed by atoms with Crippen LogP contribution in [0, 0.1) is 5.82 Å². The fourth-order valence-corrected chi connectivity index (χ4v) is 3.11. The third-order valence-electron chi connectivity index (χ3n) is 3.92. The second-order valence-electron chi connectivity index (χ2n) is 4.84. The van der Waals surface area contributed by atoms with E-state index in [0.717, 1.165) is 43.5 Å². The van der Waals surface area contributed by atoms with Gasteiger partial charge in [-0.05, 0) is 37.8 Å². The van der Waals surface area contributed by atoms with Crippen LogP contribution < -0.4 is 10.6 Å². The Morgan fingerprint density at radius 1 is 1.31 bits per heavy atom. The lowest BCUT2D eigenvalue weighted by molar-refractivity contribution is 0.368. The Labute approximate surface area is 95.2 Å². The van der Waals surface area contributed by atoms with E-state index in [4.69, 9.17) is 5.73 Å². The molecule has 16 heavy (non-hydrogen) atoms. The third-order valence-corrected chi connectivity index (χ3v) is 3.92. The van der Waals surface area contributed by atoms with E-state index in [9.17, 15) is 4.39 Å². The molecule has 0 spiro atoms. The van der Waals surface area contributed by atoms with Gasteiger partial charge in [0.1, 0.15) is 5.82 Å². The fraction of sp³-hybridized carbons (Fsp3) is 0.538. The highest BCUT2D eigenvalue weighted by Crippen LogP contribution is 2.35. The zero-order valence-corrected chi connectivity index (χ0v) is 9.32. The monoisotopic (exact) mass is 220 g/mol. The summed E-state index contributed by atoms with van der Waals surface area (Å²) in [6.07, 6.45) is 4.05. The molecule has 0 aromatic heterocycles. The molecule has 2 aliphatic rings. The minimum atomic E-state index is -0.0601. The Morgan fingerprint density at radius 3 is 3.06 bits per heavy atom. The number of piperidine rings is 1. The van der Waals surface area contributed by atoms with Crippen LogP contribution in [-0.2, 0) is 6.42 Å². The van der Waals surface area contributed by atoms with Crippen LogP contribution >= 0.6 is 0 Å². The second kappa shape index (κ2) is 3.74. The van der Waals surface area contributed by atoms with E-state index in [-0.39, 0.29) is 11.9 Å². The molecule has 2 atom stereocenters. The predicted molar refractivity (Wildman–Crippen MR) is 63.1 cm³/mol. The molecule has 1 fully saturated rings. The third kappa shape index (κ3) is 1.42. The summed E-state index contributed by atoms with van der Waals surface area (Å²) in [6, 6.07) is 6.07. The summed E-state index contributed by atoms with van der Waals surface area (Å²) < 4.78 is 13.7. The summed E-state index contributed by atoms with van der Waals surface area (Å²) in [5.74, 6) is -0.0601. The van der Waals surface area contributed by atoms with Crippen molar-refractivity contribution in [3.8, 4) is 0 Å². The van der Waals surface area contributed by atoms with Crippen LogP contribution in [0.3, 0.4) is 0 Å². The molecule has 3 rings (SSSR count). The highest BCUT2D eigenvalue weighted by molar-refractivity contribution is 5.57. The molecule has 2 heterocycles. The van der Waals surface area contributed by atoms with Crippen LogP contribution in [0.15, 0.2) is 18.2 Å². The second-order valence-corrected chi connectivity index (χ2v) is 4.84. The molecule has 1 saturated heterocycles. The Hall–Kier alpha value is -1.09. The van der Waals surface area contributed by atoms with E-state index in [0.29, 0.717) is 6.04 Å². The van der Waals surface area contributed by atoms with Crippen LogP contribution in [0.2, 0.25) is 0 Å². The number of rotatable bonds is 0. The normalized spacial score (nSPS) is 28.5. The van der Waals surface area contributed by atoms with Gasteiger partial charge in [-0.3, -0.25) is 0 Å². The van der Waals surface area contributed by atoms with Crippen molar-refractivity contribution >= 4 is 5.69 Å². The van der Waals surface area contributed by atoms with Crippen molar-refractivity contribution in [2.75, 3.05) is 11.4 Å². The lowest BCUT2D eigenvalue weighted by Gasteiger charge is -2.45. The van der Waals surface area contributed by atoms with Crippen LogP contribution in [0.25, 0.3) is 0 Å². The number of nitrogens with two attached hydrogens (primary N) is 1. The number of halogens is 1. The molecule has 2 aliphatic heterocycles. The maximum atomic E-state index is 13.7. The zero-order valence-electron chi connectivity index (χ0n) is 9.32. The van der Waals surface area contributed by atoms with E-state index in [1.165, 1.54) is 0 Å². The van der Waals surface area contributed by atoms with Crippen molar-refractivity contribution in [2.24, 2.45) is 5.73 Å². The van der Waals surface area contributed by atoms with Gasteiger partial charge in [-0.15, -0.1) is 0 Å². The fourth-order valence-electron chi connectivity index (χ4n) is 3.11. The number of benzene rings is 1. The van der Waals surface area contributed by atoms with E-state index < -0.39 is 0 Å². The Kier molecular flexibility index (Phi) is 2.36. The summed E-state index contributed by atoms with van der Waals surface area (Å²) in [5, 5.41) is 0. The first kappa shape index (κ1) is 10.1. The standard InChI is InChI=1S/C13H17FN2/c14-10-3-1-5-12-9(10)6-7-13-11(15)4-2-8-16(12)13/h1,3,5,11,13H,2,4,6-8,15H2. The quantitative estimate of drug-likeness (QED) is 0.725. The molecule has 1 aromatic rings. The van der Waals surface area contributed by atoms with Crippen molar-refractivity contribution in [3.63, 3.8) is 0 Å². The van der Waals surface area contributed by atoms with Crippen LogP contribution in [0.4, 0.5) is 10.1 Å². The van der Waals surface area contributed by atoms with Crippen LogP contribution in [-0.4, -0.2) is 18.6 Å². The molecule has 2 nitrogen and oxygen atoms in total. The molecular formula is C13H17FN2. The number of hydrogen-bond donors (Lipinski definition) is 1. The summed E-state index contributed by atoms with van der Waals surface area (Å²) >= 11 is 0. The Bertz CT molecular complexity index is 405. The molecule has 0 radical (unpaired) electrons. The average Bonchev–Trinajstić information content (AvgIpc) is 2.30. The lowest BCUT2D eigenvalue weighted by atomic mass is 9.86. The van der Waals surface area contributed by atoms with Crippen LogP contribution in [0.5, 0.6) is 0 Å². The van der Waals surface area contributed by atoms with Crippen LogP contribution in [0.1, 0.15) is 24.8 Å². The average molecular weight is 220 g/mol. The molecular weight excluding hydrogens is 203 g/mol. The van der Waals surface area contributed by atoms with Gasteiger partial charge in [-0.1, -0.05) is 6.07 Å². The number of anilines is 1. The zero-order chi connectivity index (χ0) is 11.1. The van der Waals surface area contributed by atoms with Gasteiger partial charge in [-0.25, -0.2) is 4.39 Å². The number of hydrogen-bond acceptors (Lipinski definition) is 2. The Balaban J connectivity index is 2.02. The SMILES string of the molecule is NC1CCCN2c3cccc(F)c3CCC12. The van der Waals surface area contributed by atoms with Crippen molar-refractivity contribution in [1.82, 2.24) is 0 Å². The van der Waals surface area contributed by atoms with Gasteiger partial charge in [-0.2, -0.15) is 0 Å². The van der Waals surface area contributed by atoms with Gasteiger partial charge in [0.15, 0.2) is 0 Å². The highest BCUT2D eigenvalue weighted by Gasteiger charge is 2.34. The maximum Gasteiger partial charge on any atom is 0.128 e. The molecule has 2 unspecified atom stereocenters. The minimum Gasteiger partial charge on any atom is -0.367 e. The molecule has 3 heteroatoms. The van der Waals surface area contributed by atoms with Crippen molar-refractivity contribution in [1.29, 1.82) is 0 Å². The highest BCUT2D eigenvalue weighted by atomic mass is 19.1. The first-order chi connectivity index (χ1) is 7.77. The predicted octanol–water partition coefficient (Wildman–Crippen LogP) is 2.07. The lowest BCUT2D eigenvalue weighted by Crippen LogP contribution is -2.54. The Morgan fingerprint density at radius 2 is 2.19 bits per heavy atom. The van der Waals surface area contributed by atoms with Gasteiger partial charge >= 0.3 is 0 Å². The smallest absolute Gasteiger partial charge is 0.128 e. The van der Waals surface area contributed by atoms with Gasteiger partial charge in [0, 0.05) is 29.9 Å². The molecule has 0 amide bonds. The number of nitrogens with zero attached hydrogens (tertiary/aromatic N) is 1. The number of fused-ring (bicyclic) bond motifs is 3. The van der Waals surface area contributed by atoms with Gasteiger partial charge in [0.05, 0.1) is 0 Å². The molecule has 1 aromatic carbocycles. The molecule has 0 saturated carbocycles. The molecule has 0 bridgehead atoms. The minimum absolute atomic E-state index is 0.0601. The first-order valence-corrected chi connectivity index (χ1v) is 6.07. The van der Waals surface area contributed by atoms with Crippen molar-refractivity contribution in [2.45, 2.75) is 37.8 Å². The van der Waals surface area contributed by atoms with Crippen molar-refractivity contribution < 1.29 is 4.39 Å². The van der Waals surface area contributed by atoms with Gasteiger partial charge in [0.2, 0.25) is 0 Å². The van der Waals surface area contributed by atoms with Gasteiger partial charge < -0.3 is 10.6 Å². The summed E-state index contributed by atoms with van der Waals surface area (Å²) in [6.45, 7) is 1.02. The maximum absolute atomic E-state index is 13.7. The molecule has 2 N–H and O–H groups in total.